The van der Waals surface area contributed by atoms with E-state index in [1.807, 2.05) is 12.1 Å². The van der Waals surface area contributed by atoms with Gasteiger partial charge in [0.25, 0.3) is 0 Å². The predicted octanol–water partition coefficient (Wildman–Crippen LogP) is 5.08. The number of hydrogen-bond acceptors (Lipinski definition) is 1. The largest absolute Gasteiger partial charge is 0.311 e. The minimum Gasteiger partial charge on any atom is -0.311 e. The molecule has 0 aromatic heterocycles. The third-order valence-electron chi connectivity index (χ3n) is 4.66. The van der Waals surface area contributed by atoms with Crippen molar-refractivity contribution in [3.05, 3.63) is 34.9 Å². The number of halogens is 1. The standard InChI is InChI=1S/C18H28ClN/c1-13(2)15-8-6-9-17(12-15)20-14(3)11-16-7-4-5-10-18(16)19/h4-5,7,10,13-15,17,20H,6,8-9,11-12H2,1-3H3. The lowest BCUT2D eigenvalue weighted by Crippen LogP contribution is -2.41. The molecule has 1 aliphatic carbocycles. The van der Waals surface area contributed by atoms with E-state index in [2.05, 4.69) is 38.2 Å². The summed E-state index contributed by atoms with van der Waals surface area (Å²) in [6.07, 6.45) is 6.47. The lowest BCUT2D eigenvalue weighted by Gasteiger charge is -2.34. The molecular formula is C18H28ClN. The van der Waals surface area contributed by atoms with Crippen LogP contribution in [0.4, 0.5) is 0 Å². The first-order chi connectivity index (χ1) is 9.56. The summed E-state index contributed by atoms with van der Waals surface area (Å²) in [5.74, 6) is 1.72. The lowest BCUT2D eigenvalue weighted by molar-refractivity contribution is 0.222. The van der Waals surface area contributed by atoms with E-state index in [1.54, 1.807) is 0 Å². The molecule has 0 saturated heterocycles. The van der Waals surface area contributed by atoms with E-state index in [9.17, 15) is 0 Å². The highest BCUT2D eigenvalue weighted by Gasteiger charge is 2.24. The van der Waals surface area contributed by atoms with E-state index in [-0.39, 0.29) is 0 Å². The Morgan fingerprint density at radius 1 is 1.20 bits per heavy atom. The van der Waals surface area contributed by atoms with Gasteiger partial charge < -0.3 is 5.32 Å². The Bertz CT molecular complexity index is 416. The zero-order valence-corrected chi connectivity index (χ0v) is 13.8. The van der Waals surface area contributed by atoms with Gasteiger partial charge in [-0.1, -0.05) is 56.5 Å². The van der Waals surface area contributed by atoms with Gasteiger partial charge in [-0.25, -0.2) is 0 Å². The van der Waals surface area contributed by atoms with Crippen LogP contribution in [0.3, 0.4) is 0 Å². The molecule has 2 rings (SSSR count). The quantitative estimate of drug-likeness (QED) is 0.799. The topological polar surface area (TPSA) is 12.0 Å². The summed E-state index contributed by atoms with van der Waals surface area (Å²) in [6, 6.07) is 9.37. The molecule has 1 saturated carbocycles. The van der Waals surface area contributed by atoms with Gasteiger partial charge in [0.15, 0.2) is 0 Å². The van der Waals surface area contributed by atoms with Crippen molar-refractivity contribution in [2.24, 2.45) is 11.8 Å². The van der Waals surface area contributed by atoms with Crippen LogP contribution in [0.25, 0.3) is 0 Å². The fourth-order valence-electron chi connectivity index (χ4n) is 3.44. The fraction of sp³-hybridized carbons (Fsp3) is 0.667. The van der Waals surface area contributed by atoms with Crippen LogP contribution in [0, 0.1) is 11.8 Å². The average Bonchev–Trinajstić information content (AvgIpc) is 2.41. The van der Waals surface area contributed by atoms with E-state index >= 15 is 0 Å². The van der Waals surface area contributed by atoms with Crippen molar-refractivity contribution < 1.29 is 0 Å². The van der Waals surface area contributed by atoms with E-state index in [0.29, 0.717) is 12.1 Å². The summed E-state index contributed by atoms with van der Waals surface area (Å²) >= 11 is 6.25. The van der Waals surface area contributed by atoms with Crippen molar-refractivity contribution in [3.8, 4) is 0 Å². The van der Waals surface area contributed by atoms with E-state index in [1.165, 1.54) is 31.2 Å². The van der Waals surface area contributed by atoms with Crippen LogP contribution in [0.5, 0.6) is 0 Å². The lowest BCUT2D eigenvalue weighted by atomic mass is 9.79. The second-order valence-corrected chi connectivity index (χ2v) is 7.14. The molecule has 0 amide bonds. The summed E-state index contributed by atoms with van der Waals surface area (Å²) in [4.78, 5) is 0. The van der Waals surface area contributed by atoms with Crippen LogP contribution in [0.15, 0.2) is 24.3 Å². The van der Waals surface area contributed by atoms with Crippen LogP contribution in [0.1, 0.15) is 52.0 Å². The summed E-state index contributed by atoms with van der Waals surface area (Å²) in [5.41, 5.74) is 1.25. The van der Waals surface area contributed by atoms with Crippen LogP contribution >= 0.6 is 11.6 Å². The van der Waals surface area contributed by atoms with Gasteiger partial charge in [0.2, 0.25) is 0 Å². The zero-order chi connectivity index (χ0) is 14.5. The highest BCUT2D eigenvalue weighted by atomic mass is 35.5. The first-order valence-corrected chi connectivity index (χ1v) is 8.43. The third kappa shape index (κ3) is 4.49. The van der Waals surface area contributed by atoms with Crippen molar-refractivity contribution in [2.75, 3.05) is 0 Å². The van der Waals surface area contributed by atoms with Gasteiger partial charge in [0, 0.05) is 17.1 Å². The molecule has 2 heteroatoms. The molecule has 1 nitrogen and oxygen atoms in total. The van der Waals surface area contributed by atoms with E-state index in [4.69, 9.17) is 11.6 Å². The second-order valence-electron chi connectivity index (χ2n) is 6.73. The molecule has 0 heterocycles. The molecule has 1 aromatic carbocycles. The SMILES string of the molecule is CC(Cc1ccccc1Cl)NC1CCCC(C(C)C)C1. The molecule has 0 radical (unpaired) electrons. The maximum absolute atomic E-state index is 6.25. The molecule has 1 aromatic rings. The Hall–Kier alpha value is -0.530. The third-order valence-corrected chi connectivity index (χ3v) is 5.03. The highest BCUT2D eigenvalue weighted by molar-refractivity contribution is 6.31. The van der Waals surface area contributed by atoms with Crippen molar-refractivity contribution in [3.63, 3.8) is 0 Å². The summed E-state index contributed by atoms with van der Waals surface area (Å²) in [5, 5.41) is 4.71. The Morgan fingerprint density at radius 3 is 2.65 bits per heavy atom. The Morgan fingerprint density at radius 2 is 1.95 bits per heavy atom. The smallest absolute Gasteiger partial charge is 0.0438 e. The molecule has 0 bridgehead atoms. The molecule has 3 unspecified atom stereocenters. The molecule has 1 N–H and O–H groups in total. The first-order valence-electron chi connectivity index (χ1n) is 8.05. The van der Waals surface area contributed by atoms with Crippen molar-refractivity contribution in [2.45, 2.75) is 65.0 Å². The van der Waals surface area contributed by atoms with Crippen LogP contribution in [-0.4, -0.2) is 12.1 Å². The maximum atomic E-state index is 6.25. The Kier molecular flexibility index (Phi) is 5.92. The number of hydrogen-bond donors (Lipinski definition) is 1. The van der Waals surface area contributed by atoms with Crippen molar-refractivity contribution in [1.82, 2.24) is 5.32 Å². The maximum Gasteiger partial charge on any atom is 0.0438 e. The number of nitrogens with one attached hydrogen (secondary N) is 1. The van der Waals surface area contributed by atoms with Gasteiger partial charge in [-0.3, -0.25) is 0 Å². The molecule has 1 fully saturated rings. The first kappa shape index (κ1) is 15.9. The highest BCUT2D eigenvalue weighted by Crippen LogP contribution is 2.30. The van der Waals surface area contributed by atoms with Gasteiger partial charge in [0.1, 0.15) is 0 Å². The van der Waals surface area contributed by atoms with Crippen molar-refractivity contribution >= 4 is 11.6 Å². The zero-order valence-electron chi connectivity index (χ0n) is 13.0. The summed E-state index contributed by atoms with van der Waals surface area (Å²) in [6.45, 7) is 7.00. The van der Waals surface area contributed by atoms with Gasteiger partial charge in [-0.15, -0.1) is 0 Å². The van der Waals surface area contributed by atoms with Gasteiger partial charge in [-0.2, -0.15) is 0 Å². The molecule has 0 spiro atoms. The summed E-state index contributed by atoms with van der Waals surface area (Å²) < 4.78 is 0. The van der Waals surface area contributed by atoms with Gasteiger partial charge in [-0.05, 0) is 49.7 Å². The van der Waals surface area contributed by atoms with Gasteiger partial charge in [0.05, 0.1) is 0 Å². The Labute approximate surface area is 129 Å². The minimum atomic E-state index is 0.491. The predicted molar refractivity (Wildman–Crippen MR) is 88.3 cm³/mol. The second kappa shape index (κ2) is 7.47. The van der Waals surface area contributed by atoms with Crippen LogP contribution in [0.2, 0.25) is 5.02 Å². The molecule has 3 atom stereocenters. The normalized spacial score (nSPS) is 24.9. The molecule has 112 valence electrons. The van der Waals surface area contributed by atoms with E-state index in [0.717, 1.165) is 23.3 Å². The number of benzene rings is 1. The fourth-order valence-corrected chi connectivity index (χ4v) is 3.65. The summed E-state index contributed by atoms with van der Waals surface area (Å²) in [7, 11) is 0. The number of rotatable bonds is 5. The minimum absolute atomic E-state index is 0.491. The van der Waals surface area contributed by atoms with Crippen LogP contribution in [-0.2, 0) is 6.42 Å². The molecule has 0 aliphatic heterocycles. The molecular weight excluding hydrogens is 266 g/mol. The average molecular weight is 294 g/mol. The monoisotopic (exact) mass is 293 g/mol. The van der Waals surface area contributed by atoms with Crippen LogP contribution < -0.4 is 5.32 Å². The van der Waals surface area contributed by atoms with E-state index < -0.39 is 0 Å². The molecule has 1 aliphatic rings. The molecule has 20 heavy (non-hydrogen) atoms. The van der Waals surface area contributed by atoms with Crippen molar-refractivity contribution in [1.29, 1.82) is 0 Å². The van der Waals surface area contributed by atoms with Gasteiger partial charge >= 0.3 is 0 Å². The Balaban J connectivity index is 1.85.